The molecule has 2 aromatic carbocycles. The van der Waals surface area contributed by atoms with Gasteiger partial charge in [0.1, 0.15) is 5.15 Å². The van der Waals surface area contributed by atoms with Crippen molar-refractivity contribution in [3.05, 3.63) is 84.6 Å². The van der Waals surface area contributed by atoms with Gasteiger partial charge in [-0.2, -0.15) is 0 Å². The summed E-state index contributed by atoms with van der Waals surface area (Å²) in [7, 11) is 0. The molecule has 0 spiro atoms. The minimum absolute atomic E-state index is 0.0760. The normalized spacial score (nSPS) is 15.3. The minimum Gasteiger partial charge on any atom is -0.268 e. The molecule has 0 saturated carbocycles. The maximum atomic E-state index is 12.8. The molecule has 1 saturated heterocycles. The molecule has 1 fully saturated rings. The molecule has 0 aliphatic carbocycles. The molecule has 0 atom stereocenters. The highest BCUT2D eigenvalue weighted by molar-refractivity contribution is 8.18. The van der Waals surface area contributed by atoms with Gasteiger partial charge in [-0.05, 0) is 41.1 Å². The van der Waals surface area contributed by atoms with Crippen molar-refractivity contribution in [1.82, 2.24) is 9.88 Å². The molecule has 2 amide bonds. The number of halogens is 3. The van der Waals surface area contributed by atoms with E-state index in [1.165, 1.54) is 16.9 Å². The number of thiazole rings is 1. The average molecular weight is 528 g/mol. The summed E-state index contributed by atoms with van der Waals surface area (Å²) in [4.78, 5) is 31.7. The predicted molar refractivity (Wildman–Crippen MR) is 131 cm³/mol. The molecule has 0 bridgehead atoms. The molecular weight excluding hydrogens is 515 g/mol. The van der Waals surface area contributed by atoms with E-state index in [2.05, 4.69) is 4.98 Å². The van der Waals surface area contributed by atoms with Gasteiger partial charge >= 0.3 is 0 Å². The number of carbonyl (C=O) groups excluding carboxylic acids is 2. The van der Waals surface area contributed by atoms with Gasteiger partial charge in [0.25, 0.3) is 11.1 Å². The first kappa shape index (κ1) is 22.7. The highest BCUT2D eigenvalue weighted by Crippen LogP contribution is 2.38. The lowest BCUT2D eigenvalue weighted by Gasteiger charge is -2.13. The number of thioether (sulfide) groups is 2. The summed E-state index contributed by atoms with van der Waals surface area (Å²) >= 11 is 22.2. The number of imide groups is 1. The van der Waals surface area contributed by atoms with Gasteiger partial charge in [-0.1, -0.05) is 83.0 Å². The van der Waals surface area contributed by atoms with Crippen LogP contribution < -0.4 is 0 Å². The molecule has 158 valence electrons. The lowest BCUT2D eigenvalue weighted by atomic mass is 10.2. The van der Waals surface area contributed by atoms with Gasteiger partial charge in [-0.15, -0.1) is 11.3 Å². The minimum atomic E-state index is -0.385. The van der Waals surface area contributed by atoms with Gasteiger partial charge in [-0.25, -0.2) is 4.98 Å². The van der Waals surface area contributed by atoms with Gasteiger partial charge in [0.15, 0.2) is 4.34 Å². The Morgan fingerprint density at radius 3 is 2.58 bits per heavy atom. The summed E-state index contributed by atoms with van der Waals surface area (Å²) in [6.45, 7) is 0.0760. The molecule has 2 heterocycles. The summed E-state index contributed by atoms with van der Waals surface area (Å²) < 4.78 is 0.798. The second-order valence-corrected chi connectivity index (χ2v) is 10.9. The fraction of sp³-hybridized carbons (Fsp3) is 0.0952. The Labute approximate surface area is 206 Å². The monoisotopic (exact) mass is 526 g/mol. The largest absolute Gasteiger partial charge is 0.293 e. The third kappa shape index (κ3) is 5.48. The van der Waals surface area contributed by atoms with Crippen molar-refractivity contribution >= 4 is 86.9 Å². The molecule has 0 radical (unpaired) electrons. The van der Waals surface area contributed by atoms with Gasteiger partial charge in [0, 0.05) is 15.8 Å². The van der Waals surface area contributed by atoms with E-state index in [-0.39, 0.29) is 17.7 Å². The number of rotatable bonds is 6. The fourth-order valence-corrected chi connectivity index (χ4v) is 6.41. The molecule has 1 aliphatic rings. The standard InChI is InChI=1S/C21H13Cl3N2O2S3/c22-14-7-6-13(15(23)8-14)10-26-19(27)17(31-21(26)28)9-16-18(24)25-20(30-16)29-11-12-4-2-1-3-5-12/h1-9H,10-11H2/b17-9-. The van der Waals surface area contributed by atoms with Crippen molar-refractivity contribution in [2.75, 3.05) is 0 Å². The fourth-order valence-electron chi connectivity index (χ4n) is 2.74. The summed E-state index contributed by atoms with van der Waals surface area (Å²) in [6.07, 6.45) is 1.63. The van der Waals surface area contributed by atoms with E-state index in [9.17, 15) is 9.59 Å². The third-order valence-corrected chi connectivity index (χ3v) is 8.39. The Kier molecular flexibility index (Phi) is 7.31. The highest BCUT2D eigenvalue weighted by atomic mass is 35.5. The van der Waals surface area contributed by atoms with Crippen molar-refractivity contribution < 1.29 is 9.59 Å². The summed E-state index contributed by atoms with van der Waals surface area (Å²) in [5.41, 5.74) is 1.83. The Morgan fingerprint density at radius 2 is 1.84 bits per heavy atom. The first-order valence-corrected chi connectivity index (χ1v) is 12.7. The number of amides is 2. The van der Waals surface area contributed by atoms with E-state index in [1.54, 1.807) is 36.0 Å². The van der Waals surface area contributed by atoms with Gasteiger partial charge in [0.05, 0.1) is 16.3 Å². The zero-order valence-electron chi connectivity index (χ0n) is 15.7. The molecular formula is C21H13Cl3N2O2S3. The third-order valence-electron chi connectivity index (χ3n) is 4.27. The first-order chi connectivity index (χ1) is 14.9. The SMILES string of the molecule is O=C1S/C(=C\c2sc(SCc3ccccc3)nc2Cl)C(=O)N1Cc1ccc(Cl)cc1Cl. The Balaban J connectivity index is 1.48. The number of nitrogens with zero attached hydrogens (tertiary/aromatic N) is 2. The zero-order chi connectivity index (χ0) is 22.0. The molecule has 0 unspecified atom stereocenters. The van der Waals surface area contributed by atoms with E-state index < -0.39 is 0 Å². The van der Waals surface area contributed by atoms with Gasteiger partial charge < -0.3 is 0 Å². The van der Waals surface area contributed by atoms with Crippen LogP contribution in [-0.4, -0.2) is 21.0 Å². The number of benzene rings is 2. The second-order valence-electron chi connectivity index (χ2n) is 6.41. The quantitative estimate of drug-likeness (QED) is 0.244. The van der Waals surface area contributed by atoms with Crippen molar-refractivity contribution in [2.45, 2.75) is 16.6 Å². The molecule has 10 heteroatoms. The highest BCUT2D eigenvalue weighted by Gasteiger charge is 2.35. The van der Waals surface area contributed by atoms with Crippen LogP contribution in [0.2, 0.25) is 15.2 Å². The van der Waals surface area contributed by atoms with Crippen molar-refractivity contribution in [3.8, 4) is 0 Å². The van der Waals surface area contributed by atoms with Crippen LogP contribution >= 0.6 is 69.7 Å². The molecule has 3 aromatic rings. The molecule has 31 heavy (non-hydrogen) atoms. The summed E-state index contributed by atoms with van der Waals surface area (Å²) in [6, 6.07) is 15.0. The maximum absolute atomic E-state index is 12.8. The van der Waals surface area contributed by atoms with Crippen LogP contribution in [0.4, 0.5) is 4.79 Å². The van der Waals surface area contributed by atoms with Crippen molar-refractivity contribution in [3.63, 3.8) is 0 Å². The Hall–Kier alpha value is -1.48. The molecule has 1 aliphatic heterocycles. The van der Waals surface area contributed by atoms with Crippen molar-refractivity contribution in [2.24, 2.45) is 0 Å². The van der Waals surface area contributed by atoms with Crippen LogP contribution in [0, 0.1) is 0 Å². The number of carbonyl (C=O) groups is 2. The van der Waals surface area contributed by atoms with Crippen LogP contribution in [0.5, 0.6) is 0 Å². The second kappa shape index (κ2) is 9.98. The molecule has 4 nitrogen and oxygen atoms in total. The van der Waals surface area contributed by atoms with Crippen LogP contribution in [0.15, 0.2) is 57.8 Å². The lowest BCUT2D eigenvalue weighted by Crippen LogP contribution is -2.27. The number of aromatic nitrogens is 1. The first-order valence-electron chi connectivity index (χ1n) is 8.93. The Bertz CT molecular complexity index is 1180. The average Bonchev–Trinajstić information content (AvgIpc) is 3.23. The Morgan fingerprint density at radius 1 is 1.06 bits per heavy atom. The maximum Gasteiger partial charge on any atom is 0.293 e. The zero-order valence-corrected chi connectivity index (χ0v) is 20.4. The van der Waals surface area contributed by atoms with Crippen LogP contribution in [0.1, 0.15) is 16.0 Å². The smallest absolute Gasteiger partial charge is 0.268 e. The van der Waals surface area contributed by atoms with Gasteiger partial charge in [-0.3, -0.25) is 14.5 Å². The molecule has 0 N–H and O–H groups in total. The summed E-state index contributed by atoms with van der Waals surface area (Å²) in [5, 5.41) is 0.847. The van der Waals surface area contributed by atoms with E-state index in [1.807, 2.05) is 30.3 Å². The topological polar surface area (TPSA) is 50.3 Å². The van der Waals surface area contributed by atoms with E-state index in [4.69, 9.17) is 34.8 Å². The lowest BCUT2D eigenvalue weighted by molar-refractivity contribution is -0.123. The molecule has 1 aromatic heterocycles. The predicted octanol–water partition coefficient (Wildman–Crippen LogP) is 7.63. The van der Waals surface area contributed by atoms with Crippen molar-refractivity contribution in [1.29, 1.82) is 0 Å². The van der Waals surface area contributed by atoms with Gasteiger partial charge in [0.2, 0.25) is 0 Å². The molecule has 4 rings (SSSR count). The van der Waals surface area contributed by atoms with E-state index in [0.717, 1.165) is 26.8 Å². The van der Waals surface area contributed by atoms with Crippen LogP contribution in [-0.2, 0) is 17.1 Å². The van der Waals surface area contributed by atoms with E-state index in [0.29, 0.717) is 30.5 Å². The van der Waals surface area contributed by atoms with Crippen LogP contribution in [0.25, 0.3) is 6.08 Å². The number of hydrogen-bond donors (Lipinski definition) is 0. The van der Waals surface area contributed by atoms with E-state index >= 15 is 0 Å². The number of hydrogen-bond acceptors (Lipinski definition) is 6. The van der Waals surface area contributed by atoms with Crippen LogP contribution in [0.3, 0.4) is 0 Å². The summed E-state index contributed by atoms with van der Waals surface area (Å²) in [5.74, 6) is 0.381.